The lowest BCUT2D eigenvalue weighted by Crippen LogP contribution is -2.55. The van der Waals surface area contributed by atoms with Crippen LogP contribution >= 0.6 is 0 Å². The molecule has 2 heterocycles. The molecule has 1 aromatic heterocycles. The van der Waals surface area contributed by atoms with Crippen molar-refractivity contribution in [3.63, 3.8) is 0 Å². The molecule has 0 radical (unpaired) electrons. The van der Waals surface area contributed by atoms with Gasteiger partial charge in [0, 0.05) is 32.0 Å². The lowest BCUT2D eigenvalue weighted by molar-refractivity contribution is 0.171. The Bertz CT molecular complexity index is 299. The van der Waals surface area contributed by atoms with Gasteiger partial charge in [0.25, 0.3) is 0 Å². The van der Waals surface area contributed by atoms with Crippen molar-refractivity contribution in [2.24, 2.45) is 0 Å². The Hall–Kier alpha value is -0.930. The van der Waals surface area contributed by atoms with E-state index in [2.05, 4.69) is 35.2 Å². The molecule has 3 heteroatoms. The highest BCUT2D eigenvalue weighted by atomic mass is 15.2. The molecule has 0 amide bonds. The Morgan fingerprint density at radius 2 is 2.43 bits per heavy atom. The third kappa shape index (κ3) is 1.79. The van der Waals surface area contributed by atoms with Gasteiger partial charge in [0.2, 0.25) is 0 Å². The van der Waals surface area contributed by atoms with Crippen LogP contribution in [0.2, 0.25) is 0 Å². The third-order valence-corrected chi connectivity index (χ3v) is 2.89. The first-order valence-electron chi connectivity index (χ1n) is 5.05. The van der Waals surface area contributed by atoms with Crippen LogP contribution in [-0.4, -0.2) is 36.6 Å². The van der Waals surface area contributed by atoms with Gasteiger partial charge in [-0.05, 0) is 25.6 Å². The molecule has 1 fully saturated rings. The zero-order valence-electron chi connectivity index (χ0n) is 8.83. The number of hydrogen-bond donors (Lipinski definition) is 1. The van der Waals surface area contributed by atoms with Crippen LogP contribution in [0.5, 0.6) is 0 Å². The molecule has 1 aliphatic rings. The highest BCUT2D eigenvalue weighted by Crippen LogP contribution is 2.22. The van der Waals surface area contributed by atoms with E-state index in [9.17, 15) is 0 Å². The number of nitrogens with one attached hydrogen (secondary N) is 1. The van der Waals surface area contributed by atoms with E-state index in [0.29, 0.717) is 0 Å². The van der Waals surface area contributed by atoms with Gasteiger partial charge in [-0.25, -0.2) is 0 Å². The Morgan fingerprint density at radius 1 is 1.57 bits per heavy atom. The summed E-state index contributed by atoms with van der Waals surface area (Å²) in [5, 5.41) is 3.56. The maximum Gasteiger partial charge on any atom is 0.0550 e. The molecular formula is C11H17N3. The van der Waals surface area contributed by atoms with E-state index in [-0.39, 0.29) is 5.54 Å². The molecule has 76 valence electrons. The summed E-state index contributed by atoms with van der Waals surface area (Å²) in [4.78, 5) is 6.52. The van der Waals surface area contributed by atoms with Crippen LogP contribution < -0.4 is 5.32 Å². The largest absolute Gasteiger partial charge is 0.305 e. The highest BCUT2D eigenvalue weighted by Gasteiger charge is 2.30. The van der Waals surface area contributed by atoms with Gasteiger partial charge < -0.3 is 10.2 Å². The second-order valence-electron chi connectivity index (χ2n) is 4.24. The Kier molecular flexibility index (Phi) is 2.52. The minimum atomic E-state index is 0.0568. The first kappa shape index (κ1) is 9.62. The van der Waals surface area contributed by atoms with Gasteiger partial charge in [0.05, 0.1) is 5.54 Å². The summed E-state index contributed by atoms with van der Waals surface area (Å²) in [6.45, 7) is 5.44. The van der Waals surface area contributed by atoms with Crippen molar-refractivity contribution in [2.75, 3.05) is 26.7 Å². The van der Waals surface area contributed by atoms with Crippen molar-refractivity contribution in [3.8, 4) is 0 Å². The van der Waals surface area contributed by atoms with E-state index in [1.807, 2.05) is 18.5 Å². The van der Waals surface area contributed by atoms with Crippen LogP contribution in [0, 0.1) is 0 Å². The molecule has 1 N–H and O–H groups in total. The Balaban J connectivity index is 2.23. The van der Waals surface area contributed by atoms with E-state index in [4.69, 9.17) is 0 Å². The SMILES string of the molecule is CN1CCNC(C)(c2cccnc2)C1. The summed E-state index contributed by atoms with van der Waals surface area (Å²) in [7, 11) is 2.16. The van der Waals surface area contributed by atoms with E-state index in [1.54, 1.807) is 0 Å². The molecule has 1 unspecified atom stereocenters. The normalized spacial score (nSPS) is 29.0. The van der Waals surface area contributed by atoms with Crippen molar-refractivity contribution < 1.29 is 0 Å². The monoisotopic (exact) mass is 191 g/mol. The van der Waals surface area contributed by atoms with Gasteiger partial charge >= 0.3 is 0 Å². The van der Waals surface area contributed by atoms with Gasteiger partial charge in [-0.15, -0.1) is 0 Å². The van der Waals surface area contributed by atoms with Crippen molar-refractivity contribution in [3.05, 3.63) is 30.1 Å². The quantitative estimate of drug-likeness (QED) is 0.712. The van der Waals surface area contributed by atoms with Crippen molar-refractivity contribution in [1.29, 1.82) is 0 Å². The molecule has 0 bridgehead atoms. The summed E-state index contributed by atoms with van der Waals surface area (Å²) in [5.74, 6) is 0. The first-order valence-corrected chi connectivity index (χ1v) is 5.05. The molecule has 1 saturated heterocycles. The number of piperazine rings is 1. The van der Waals surface area contributed by atoms with Crippen LogP contribution in [0.3, 0.4) is 0 Å². The summed E-state index contributed by atoms with van der Waals surface area (Å²) < 4.78 is 0. The minimum absolute atomic E-state index is 0.0568. The summed E-state index contributed by atoms with van der Waals surface area (Å²) >= 11 is 0. The van der Waals surface area contributed by atoms with Crippen LogP contribution in [0.25, 0.3) is 0 Å². The van der Waals surface area contributed by atoms with Gasteiger partial charge in [0.15, 0.2) is 0 Å². The molecule has 14 heavy (non-hydrogen) atoms. The molecule has 1 atom stereocenters. The van der Waals surface area contributed by atoms with Gasteiger partial charge in [0.1, 0.15) is 0 Å². The topological polar surface area (TPSA) is 28.2 Å². The smallest absolute Gasteiger partial charge is 0.0550 e. The van der Waals surface area contributed by atoms with E-state index >= 15 is 0 Å². The van der Waals surface area contributed by atoms with Crippen LogP contribution in [0.15, 0.2) is 24.5 Å². The number of likely N-dealkylation sites (N-methyl/N-ethyl adjacent to an activating group) is 1. The maximum absolute atomic E-state index is 4.17. The first-order chi connectivity index (χ1) is 6.71. The standard InChI is InChI=1S/C11H17N3/c1-11(9-14(2)7-6-13-11)10-4-3-5-12-8-10/h3-5,8,13H,6-7,9H2,1-2H3. The summed E-state index contributed by atoms with van der Waals surface area (Å²) in [5.41, 5.74) is 1.33. The zero-order chi connectivity index (χ0) is 10.0. The molecular weight excluding hydrogens is 174 g/mol. The maximum atomic E-state index is 4.17. The summed E-state index contributed by atoms with van der Waals surface area (Å²) in [6.07, 6.45) is 3.77. The zero-order valence-corrected chi connectivity index (χ0v) is 8.83. The van der Waals surface area contributed by atoms with Crippen LogP contribution in [0.1, 0.15) is 12.5 Å². The third-order valence-electron chi connectivity index (χ3n) is 2.89. The number of rotatable bonds is 1. The second kappa shape index (κ2) is 3.67. The Labute approximate surface area is 85.1 Å². The number of pyridine rings is 1. The number of hydrogen-bond acceptors (Lipinski definition) is 3. The fourth-order valence-electron chi connectivity index (χ4n) is 2.08. The van der Waals surface area contributed by atoms with E-state index < -0.39 is 0 Å². The van der Waals surface area contributed by atoms with Gasteiger partial charge in [-0.1, -0.05) is 6.07 Å². The van der Waals surface area contributed by atoms with Crippen molar-refractivity contribution >= 4 is 0 Å². The molecule has 0 saturated carbocycles. The average Bonchev–Trinajstić information content (AvgIpc) is 2.19. The molecule has 1 aliphatic heterocycles. The minimum Gasteiger partial charge on any atom is -0.305 e. The van der Waals surface area contributed by atoms with E-state index in [1.165, 1.54) is 5.56 Å². The lowest BCUT2D eigenvalue weighted by atomic mass is 9.91. The molecule has 2 rings (SSSR count). The van der Waals surface area contributed by atoms with Crippen LogP contribution in [-0.2, 0) is 5.54 Å². The average molecular weight is 191 g/mol. The fourth-order valence-corrected chi connectivity index (χ4v) is 2.08. The second-order valence-corrected chi connectivity index (χ2v) is 4.24. The Morgan fingerprint density at radius 3 is 3.07 bits per heavy atom. The number of aromatic nitrogens is 1. The van der Waals surface area contributed by atoms with Crippen molar-refractivity contribution in [2.45, 2.75) is 12.5 Å². The van der Waals surface area contributed by atoms with Gasteiger partial charge in [-0.3, -0.25) is 4.98 Å². The molecule has 0 spiro atoms. The predicted octanol–water partition coefficient (Wildman–Crippen LogP) is 0.832. The molecule has 3 nitrogen and oxygen atoms in total. The molecule has 1 aromatic rings. The number of nitrogens with zero attached hydrogens (tertiary/aromatic N) is 2. The van der Waals surface area contributed by atoms with E-state index in [0.717, 1.165) is 19.6 Å². The summed E-state index contributed by atoms with van der Waals surface area (Å²) in [6, 6.07) is 4.13. The van der Waals surface area contributed by atoms with Crippen molar-refractivity contribution in [1.82, 2.24) is 15.2 Å². The fraction of sp³-hybridized carbons (Fsp3) is 0.545. The lowest BCUT2D eigenvalue weighted by Gasteiger charge is -2.40. The molecule has 0 aliphatic carbocycles. The highest BCUT2D eigenvalue weighted by molar-refractivity contribution is 5.21. The molecule has 0 aromatic carbocycles. The van der Waals surface area contributed by atoms with Crippen LogP contribution in [0.4, 0.5) is 0 Å². The van der Waals surface area contributed by atoms with Gasteiger partial charge in [-0.2, -0.15) is 0 Å². The predicted molar refractivity (Wildman–Crippen MR) is 57.1 cm³/mol.